The summed E-state index contributed by atoms with van der Waals surface area (Å²) in [6.45, 7) is 6.31. The van der Waals surface area contributed by atoms with Crippen LogP contribution in [0.1, 0.15) is 32.9 Å². The Labute approximate surface area is 68.7 Å². The lowest BCUT2D eigenvalue weighted by molar-refractivity contribution is 1.000. The van der Waals surface area contributed by atoms with Crippen LogP contribution in [0.5, 0.6) is 0 Å². The largest absolute Gasteiger partial charge is 0.261 e. The minimum absolute atomic E-state index is 0.966. The van der Waals surface area contributed by atoms with Crippen molar-refractivity contribution in [3.8, 4) is 0 Å². The highest BCUT2D eigenvalue weighted by Gasteiger charge is 1.82. The van der Waals surface area contributed by atoms with Gasteiger partial charge in [-0.3, -0.25) is 9.97 Å². The zero-order valence-electron chi connectivity index (χ0n) is 7.54. The Morgan fingerprint density at radius 1 is 1.18 bits per heavy atom. The Morgan fingerprint density at radius 3 is 2.09 bits per heavy atom. The Bertz CT molecular complexity index is 160. The van der Waals surface area contributed by atoms with Gasteiger partial charge in [0.15, 0.2) is 0 Å². The SMILES string of the molecule is CCC.CCc1cnccn1. The first kappa shape index (κ1) is 10.1. The van der Waals surface area contributed by atoms with Crippen LogP contribution in [0.25, 0.3) is 0 Å². The summed E-state index contributed by atoms with van der Waals surface area (Å²) >= 11 is 0. The van der Waals surface area contributed by atoms with Crippen LogP contribution in [0.3, 0.4) is 0 Å². The Hall–Kier alpha value is -0.920. The molecular formula is C9H16N2. The topological polar surface area (TPSA) is 25.8 Å². The molecule has 62 valence electrons. The molecule has 0 aliphatic heterocycles. The summed E-state index contributed by atoms with van der Waals surface area (Å²) in [6.07, 6.45) is 7.38. The van der Waals surface area contributed by atoms with Crippen molar-refractivity contribution in [2.45, 2.75) is 33.6 Å². The summed E-state index contributed by atoms with van der Waals surface area (Å²) in [5.41, 5.74) is 1.05. The molecule has 1 rings (SSSR count). The van der Waals surface area contributed by atoms with Crippen LogP contribution in [-0.2, 0) is 6.42 Å². The van der Waals surface area contributed by atoms with Crippen molar-refractivity contribution in [1.29, 1.82) is 0 Å². The molecule has 0 saturated carbocycles. The molecule has 0 radical (unpaired) electrons. The second-order valence-electron chi connectivity index (χ2n) is 2.26. The van der Waals surface area contributed by atoms with Crippen molar-refractivity contribution in [2.75, 3.05) is 0 Å². The number of aryl methyl sites for hydroxylation is 1. The maximum Gasteiger partial charge on any atom is 0.0583 e. The van der Waals surface area contributed by atoms with E-state index in [9.17, 15) is 0 Å². The van der Waals surface area contributed by atoms with E-state index >= 15 is 0 Å². The molecule has 0 aromatic carbocycles. The third-order valence-electron chi connectivity index (χ3n) is 0.979. The fourth-order valence-corrected chi connectivity index (χ4v) is 0.513. The number of rotatable bonds is 1. The molecule has 1 aromatic rings. The number of aromatic nitrogens is 2. The van der Waals surface area contributed by atoms with Gasteiger partial charge >= 0.3 is 0 Å². The molecule has 0 unspecified atom stereocenters. The fraction of sp³-hybridized carbons (Fsp3) is 0.556. The van der Waals surface area contributed by atoms with Gasteiger partial charge in [0.25, 0.3) is 0 Å². The van der Waals surface area contributed by atoms with Gasteiger partial charge in [0.05, 0.1) is 5.69 Å². The van der Waals surface area contributed by atoms with Crippen molar-refractivity contribution in [3.05, 3.63) is 24.3 Å². The highest BCUT2D eigenvalue weighted by Crippen LogP contribution is 1.87. The highest BCUT2D eigenvalue weighted by molar-refractivity contribution is 4.92. The molecule has 0 fully saturated rings. The molecule has 0 amide bonds. The smallest absolute Gasteiger partial charge is 0.0583 e. The van der Waals surface area contributed by atoms with E-state index in [-0.39, 0.29) is 0 Å². The third kappa shape index (κ3) is 5.52. The predicted molar refractivity (Wildman–Crippen MR) is 47.4 cm³/mol. The maximum absolute atomic E-state index is 4.03. The van der Waals surface area contributed by atoms with E-state index in [4.69, 9.17) is 0 Å². The molecule has 2 nitrogen and oxygen atoms in total. The maximum atomic E-state index is 4.03. The zero-order valence-corrected chi connectivity index (χ0v) is 7.54. The molecule has 11 heavy (non-hydrogen) atoms. The zero-order chi connectivity index (χ0) is 8.53. The van der Waals surface area contributed by atoms with Crippen LogP contribution in [0.15, 0.2) is 18.6 Å². The van der Waals surface area contributed by atoms with Crippen LogP contribution in [-0.4, -0.2) is 9.97 Å². The Kier molecular flexibility index (Phi) is 6.59. The van der Waals surface area contributed by atoms with Crippen molar-refractivity contribution < 1.29 is 0 Å². The van der Waals surface area contributed by atoms with Gasteiger partial charge in [-0.2, -0.15) is 0 Å². The van der Waals surface area contributed by atoms with Gasteiger partial charge in [-0.1, -0.05) is 27.2 Å². The summed E-state index contributed by atoms with van der Waals surface area (Å²) < 4.78 is 0. The lowest BCUT2D eigenvalue weighted by atomic mass is 10.4. The van der Waals surface area contributed by atoms with Crippen LogP contribution >= 0.6 is 0 Å². The van der Waals surface area contributed by atoms with E-state index in [0.29, 0.717) is 0 Å². The summed E-state index contributed by atoms with van der Waals surface area (Å²) in [4.78, 5) is 7.93. The van der Waals surface area contributed by atoms with E-state index < -0.39 is 0 Å². The van der Waals surface area contributed by atoms with E-state index in [1.165, 1.54) is 6.42 Å². The highest BCUT2D eigenvalue weighted by atomic mass is 14.8. The van der Waals surface area contributed by atoms with E-state index in [0.717, 1.165) is 12.1 Å². The van der Waals surface area contributed by atoms with Gasteiger partial charge in [0.2, 0.25) is 0 Å². The number of hydrogen-bond donors (Lipinski definition) is 0. The average molecular weight is 152 g/mol. The summed E-state index contributed by atoms with van der Waals surface area (Å²) in [7, 11) is 0. The van der Waals surface area contributed by atoms with Gasteiger partial charge in [-0.25, -0.2) is 0 Å². The number of nitrogens with zero attached hydrogens (tertiary/aromatic N) is 2. The molecule has 0 bridgehead atoms. The van der Waals surface area contributed by atoms with Crippen molar-refractivity contribution in [3.63, 3.8) is 0 Å². The number of hydrogen-bond acceptors (Lipinski definition) is 2. The summed E-state index contributed by atoms with van der Waals surface area (Å²) in [5.74, 6) is 0. The minimum atomic E-state index is 0.966. The third-order valence-corrected chi connectivity index (χ3v) is 0.979. The minimum Gasteiger partial charge on any atom is -0.261 e. The van der Waals surface area contributed by atoms with Crippen molar-refractivity contribution in [1.82, 2.24) is 9.97 Å². The van der Waals surface area contributed by atoms with Gasteiger partial charge < -0.3 is 0 Å². The Morgan fingerprint density at radius 2 is 1.82 bits per heavy atom. The standard InChI is InChI=1S/C6H8N2.C3H8/c1-2-6-5-7-3-4-8-6;1-3-2/h3-5H,2H2,1H3;3H2,1-2H3. The molecule has 1 aromatic heterocycles. The molecule has 0 aliphatic carbocycles. The first-order valence-electron chi connectivity index (χ1n) is 4.10. The molecule has 0 saturated heterocycles. The molecule has 1 heterocycles. The van der Waals surface area contributed by atoms with Gasteiger partial charge in [0.1, 0.15) is 0 Å². The van der Waals surface area contributed by atoms with Crippen LogP contribution < -0.4 is 0 Å². The molecule has 0 aliphatic rings. The summed E-state index contributed by atoms with van der Waals surface area (Å²) in [5, 5.41) is 0. The van der Waals surface area contributed by atoms with Gasteiger partial charge in [-0.05, 0) is 6.42 Å². The lowest BCUT2D eigenvalue weighted by Crippen LogP contribution is -1.84. The van der Waals surface area contributed by atoms with Crippen LogP contribution in [0.2, 0.25) is 0 Å². The van der Waals surface area contributed by atoms with Gasteiger partial charge in [-0.15, -0.1) is 0 Å². The second kappa shape index (κ2) is 7.19. The van der Waals surface area contributed by atoms with Crippen molar-refractivity contribution in [2.24, 2.45) is 0 Å². The fourth-order valence-electron chi connectivity index (χ4n) is 0.513. The van der Waals surface area contributed by atoms with E-state index in [1.807, 2.05) is 0 Å². The lowest BCUT2D eigenvalue weighted by Gasteiger charge is -1.88. The molecular weight excluding hydrogens is 136 g/mol. The normalized spacial score (nSPS) is 8.27. The van der Waals surface area contributed by atoms with E-state index in [2.05, 4.69) is 30.7 Å². The molecule has 2 heteroatoms. The predicted octanol–water partition coefficient (Wildman–Crippen LogP) is 2.46. The van der Waals surface area contributed by atoms with E-state index in [1.54, 1.807) is 18.6 Å². The Balaban J connectivity index is 0.000000292. The van der Waals surface area contributed by atoms with Crippen molar-refractivity contribution >= 4 is 0 Å². The monoisotopic (exact) mass is 152 g/mol. The first-order chi connectivity index (χ1) is 5.35. The molecule has 0 atom stereocenters. The summed E-state index contributed by atoms with van der Waals surface area (Å²) in [6, 6.07) is 0. The second-order valence-corrected chi connectivity index (χ2v) is 2.26. The molecule has 0 N–H and O–H groups in total. The van der Waals surface area contributed by atoms with Crippen LogP contribution in [0.4, 0.5) is 0 Å². The van der Waals surface area contributed by atoms with Gasteiger partial charge in [0, 0.05) is 18.6 Å². The first-order valence-corrected chi connectivity index (χ1v) is 4.10. The molecule has 0 spiro atoms. The average Bonchev–Trinajstić information content (AvgIpc) is 2.08. The van der Waals surface area contributed by atoms with Crippen LogP contribution in [0, 0.1) is 0 Å². The quantitative estimate of drug-likeness (QED) is 0.617.